The lowest BCUT2D eigenvalue weighted by molar-refractivity contribution is 0.248. The van der Waals surface area contributed by atoms with Gasteiger partial charge < -0.3 is 0 Å². The molecule has 0 fully saturated rings. The Hall–Kier alpha value is -1.56. The molecular weight excluding hydrogens is 204 g/mol. The minimum atomic E-state index is 0.177. The van der Waals surface area contributed by atoms with Crippen LogP contribution in [0, 0.1) is 5.41 Å². The average Bonchev–Trinajstić information content (AvgIpc) is 2.32. The van der Waals surface area contributed by atoms with Crippen LogP contribution in [-0.2, 0) is 11.8 Å². The maximum absolute atomic E-state index is 2.42. The van der Waals surface area contributed by atoms with E-state index in [0.717, 1.165) is 0 Å². The van der Waals surface area contributed by atoms with E-state index >= 15 is 0 Å². The summed E-state index contributed by atoms with van der Waals surface area (Å²) in [7, 11) is 0. The maximum Gasteiger partial charge on any atom is 0.0470 e. The third kappa shape index (κ3) is 0.878. The summed E-state index contributed by atoms with van der Waals surface area (Å²) in [6.07, 6.45) is 14.2. The fourth-order valence-corrected chi connectivity index (χ4v) is 4.03. The molecule has 2 atom stereocenters. The highest BCUT2D eigenvalue weighted by Gasteiger charge is 2.57. The predicted octanol–water partition coefficient (Wildman–Crippen LogP) is 3.94. The summed E-state index contributed by atoms with van der Waals surface area (Å²) in [5.74, 6) is 0. The molecule has 17 heavy (non-hydrogen) atoms. The van der Waals surface area contributed by atoms with E-state index in [1.807, 2.05) is 0 Å². The Morgan fingerprint density at radius 2 is 1.94 bits per heavy atom. The molecule has 0 heterocycles. The summed E-state index contributed by atoms with van der Waals surface area (Å²) in [5.41, 5.74) is 5.02. The molecule has 0 aromatic heterocycles. The molecule has 3 aliphatic carbocycles. The molecule has 84 valence electrons. The van der Waals surface area contributed by atoms with Gasteiger partial charge >= 0.3 is 0 Å². The zero-order chi connectivity index (χ0) is 11.5. The predicted molar refractivity (Wildman–Crippen MR) is 70.9 cm³/mol. The summed E-state index contributed by atoms with van der Waals surface area (Å²) in [6, 6.07) is 8.97. The number of fused-ring (bicyclic) bond motifs is 1. The first kappa shape index (κ1) is 9.47. The van der Waals surface area contributed by atoms with Crippen LogP contribution in [0.5, 0.6) is 0 Å². The summed E-state index contributed by atoms with van der Waals surface area (Å²) in [4.78, 5) is 0. The van der Waals surface area contributed by atoms with Gasteiger partial charge in [0.1, 0.15) is 0 Å². The van der Waals surface area contributed by atoms with Gasteiger partial charge in [-0.2, -0.15) is 0 Å². The van der Waals surface area contributed by atoms with Crippen LogP contribution in [-0.4, -0.2) is 0 Å². The van der Waals surface area contributed by atoms with Crippen molar-refractivity contribution in [1.29, 1.82) is 0 Å². The third-order valence-corrected chi connectivity index (χ3v) is 4.98. The molecule has 0 saturated carbocycles. The van der Waals surface area contributed by atoms with Gasteiger partial charge in [0.25, 0.3) is 0 Å². The maximum atomic E-state index is 2.42. The second-order valence-electron chi connectivity index (χ2n) is 5.55. The van der Waals surface area contributed by atoms with Gasteiger partial charge in [-0.25, -0.2) is 0 Å². The SMILES string of the molecule is CC1=CC=C[C@@]23C=C[C@@]12c1ccccc1CC3. The number of hydrogen-bond acceptors (Lipinski definition) is 0. The van der Waals surface area contributed by atoms with Gasteiger partial charge in [-0.05, 0) is 30.9 Å². The zero-order valence-electron chi connectivity index (χ0n) is 10.1. The van der Waals surface area contributed by atoms with E-state index in [4.69, 9.17) is 0 Å². The van der Waals surface area contributed by atoms with Crippen molar-refractivity contribution in [3.63, 3.8) is 0 Å². The van der Waals surface area contributed by atoms with E-state index in [1.165, 1.54) is 29.5 Å². The molecule has 0 nitrogen and oxygen atoms in total. The van der Waals surface area contributed by atoms with Gasteiger partial charge in [0.15, 0.2) is 0 Å². The molecule has 4 rings (SSSR count). The average molecular weight is 220 g/mol. The van der Waals surface area contributed by atoms with Crippen molar-refractivity contribution < 1.29 is 0 Å². The van der Waals surface area contributed by atoms with Gasteiger partial charge in [-0.1, -0.05) is 60.2 Å². The van der Waals surface area contributed by atoms with Gasteiger partial charge in [0.2, 0.25) is 0 Å². The minimum Gasteiger partial charge on any atom is -0.0758 e. The largest absolute Gasteiger partial charge is 0.0758 e. The quantitative estimate of drug-likeness (QED) is 0.581. The van der Waals surface area contributed by atoms with Crippen molar-refractivity contribution in [2.24, 2.45) is 5.41 Å². The lowest BCUT2D eigenvalue weighted by atomic mass is 9.44. The van der Waals surface area contributed by atoms with Gasteiger partial charge in [0, 0.05) is 10.8 Å². The minimum absolute atomic E-state index is 0.177. The van der Waals surface area contributed by atoms with Crippen molar-refractivity contribution in [1.82, 2.24) is 0 Å². The molecule has 1 aromatic carbocycles. The van der Waals surface area contributed by atoms with Crippen LogP contribution in [0.1, 0.15) is 24.5 Å². The lowest BCUT2D eigenvalue weighted by Crippen LogP contribution is -2.53. The van der Waals surface area contributed by atoms with Crippen LogP contribution < -0.4 is 0 Å². The molecule has 0 amide bonds. The van der Waals surface area contributed by atoms with Crippen LogP contribution in [0.2, 0.25) is 0 Å². The number of rotatable bonds is 0. The van der Waals surface area contributed by atoms with Gasteiger partial charge in [-0.3, -0.25) is 0 Å². The molecule has 1 aromatic rings. The molecule has 0 radical (unpaired) electrons. The smallest absolute Gasteiger partial charge is 0.0470 e. The van der Waals surface area contributed by atoms with Crippen molar-refractivity contribution in [3.05, 3.63) is 71.3 Å². The second kappa shape index (κ2) is 2.81. The molecule has 0 spiro atoms. The Balaban J connectivity index is 2.06. The van der Waals surface area contributed by atoms with Crippen molar-refractivity contribution in [2.45, 2.75) is 25.2 Å². The van der Waals surface area contributed by atoms with E-state index < -0.39 is 0 Å². The number of benzene rings is 1. The van der Waals surface area contributed by atoms with Crippen molar-refractivity contribution in [2.75, 3.05) is 0 Å². The highest BCUT2D eigenvalue weighted by molar-refractivity contribution is 5.62. The van der Waals surface area contributed by atoms with Crippen molar-refractivity contribution >= 4 is 0 Å². The van der Waals surface area contributed by atoms with E-state index in [0.29, 0.717) is 0 Å². The first-order chi connectivity index (χ1) is 8.29. The first-order valence-electron chi connectivity index (χ1n) is 6.44. The van der Waals surface area contributed by atoms with E-state index in [1.54, 1.807) is 0 Å². The van der Waals surface area contributed by atoms with E-state index in [9.17, 15) is 0 Å². The topological polar surface area (TPSA) is 0 Å². The van der Waals surface area contributed by atoms with E-state index in [2.05, 4.69) is 61.6 Å². The van der Waals surface area contributed by atoms with Crippen LogP contribution >= 0.6 is 0 Å². The van der Waals surface area contributed by atoms with Crippen LogP contribution in [0.3, 0.4) is 0 Å². The molecule has 0 N–H and O–H groups in total. The Morgan fingerprint density at radius 1 is 1.06 bits per heavy atom. The van der Waals surface area contributed by atoms with Crippen LogP contribution in [0.25, 0.3) is 0 Å². The first-order valence-corrected chi connectivity index (χ1v) is 6.44. The molecule has 0 bridgehead atoms. The lowest BCUT2D eigenvalue weighted by Gasteiger charge is -2.58. The Morgan fingerprint density at radius 3 is 2.76 bits per heavy atom. The number of hydrogen-bond donors (Lipinski definition) is 0. The highest BCUT2D eigenvalue weighted by Crippen LogP contribution is 2.63. The third-order valence-electron chi connectivity index (χ3n) is 4.98. The molecule has 0 aliphatic heterocycles. The fraction of sp³-hybridized carbons (Fsp3) is 0.294. The Labute approximate surface area is 102 Å². The number of allylic oxidation sites excluding steroid dienone is 6. The Bertz CT molecular complexity index is 588. The second-order valence-corrected chi connectivity index (χ2v) is 5.55. The summed E-state index contributed by atoms with van der Waals surface area (Å²) >= 11 is 0. The number of aryl methyl sites for hydroxylation is 1. The molecular formula is C17H16. The van der Waals surface area contributed by atoms with Gasteiger partial charge in [-0.15, -0.1) is 0 Å². The standard InChI is InChI=1S/C17H16/c1-13-5-4-9-16-10-8-14-6-2-3-7-15(14)17(13,16)12-11-16/h2-7,9,11-12H,8,10H2,1H3/t16-,17+/m1/s1. The zero-order valence-corrected chi connectivity index (χ0v) is 10.1. The van der Waals surface area contributed by atoms with Crippen molar-refractivity contribution in [3.8, 4) is 0 Å². The summed E-state index contributed by atoms with van der Waals surface area (Å²) in [5, 5.41) is 0. The van der Waals surface area contributed by atoms with Crippen LogP contribution in [0.4, 0.5) is 0 Å². The fourth-order valence-electron chi connectivity index (χ4n) is 4.03. The normalized spacial score (nSPS) is 36.4. The van der Waals surface area contributed by atoms with E-state index in [-0.39, 0.29) is 10.8 Å². The molecule has 0 saturated heterocycles. The Kier molecular flexibility index (Phi) is 1.57. The molecule has 3 aliphatic rings. The molecule has 0 unspecified atom stereocenters. The van der Waals surface area contributed by atoms with Crippen LogP contribution in [0.15, 0.2) is 60.2 Å². The monoisotopic (exact) mass is 220 g/mol. The summed E-state index contributed by atoms with van der Waals surface area (Å²) < 4.78 is 0. The summed E-state index contributed by atoms with van der Waals surface area (Å²) in [6.45, 7) is 2.28. The highest BCUT2D eigenvalue weighted by atomic mass is 14.6. The van der Waals surface area contributed by atoms with Gasteiger partial charge in [0.05, 0.1) is 0 Å². The molecule has 0 heteroatoms.